The maximum atomic E-state index is 12.4. The number of aryl methyl sites for hydroxylation is 1. The summed E-state index contributed by atoms with van der Waals surface area (Å²) in [6, 6.07) is 17.1. The van der Waals surface area contributed by atoms with Gasteiger partial charge in [0.05, 0.1) is 28.4 Å². The Kier molecular flexibility index (Phi) is 5.08. The molecular weight excluding hydrogens is 372 g/mol. The van der Waals surface area contributed by atoms with Gasteiger partial charge in [-0.1, -0.05) is 43.3 Å². The van der Waals surface area contributed by atoms with Crippen LogP contribution in [-0.2, 0) is 10.8 Å². The monoisotopic (exact) mass is 392 g/mol. The smallest absolute Gasteiger partial charge is 0.268 e. The molecule has 4 aromatic rings. The van der Waals surface area contributed by atoms with E-state index in [0.29, 0.717) is 34.6 Å². The summed E-state index contributed by atoms with van der Waals surface area (Å²) in [6.45, 7) is 3.73. The van der Waals surface area contributed by atoms with Crippen LogP contribution in [0.25, 0.3) is 34.3 Å². The normalized spacial score (nSPS) is 12.1. The van der Waals surface area contributed by atoms with Gasteiger partial charge in [-0.3, -0.25) is 9.19 Å². The lowest BCUT2D eigenvalue weighted by atomic mass is 10.1. The van der Waals surface area contributed by atoms with Crippen molar-refractivity contribution in [2.45, 2.75) is 18.7 Å². The van der Waals surface area contributed by atoms with E-state index in [2.05, 4.69) is 15.2 Å². The number of hydrogen-bond donors (Lipinski definition) is 0. The summed E-state index contributed by atoms with van der Waals surface area (Å²) in [5.74, 6) is 1.27. The first-order valence-corrected chi connectivity index (χ1v) is 10.2. The van der Waals surface area contributed by atoms with Gasteiger partial charge in [-0.15, -0.1) is 10.2 Å². The molecule has 0 saturated carbocycles. The Bertz CT molecular complexity index is 1150. The zero-order valence-electron chi connectivity index (χ0n) is 15.5. The maximum Gasteiger partial charge on any atom is 0.268 e. The van der Waals surface area contributed by atoms with Crippen LogP contribution in [0.3, 0.4) is 0 Å². The van der Waals surface area contributed by atoms with Crippen LogP contribution in [0.15, 0.2) is 70.1 Å². The van der Waals surface area contributed by atoms with E-state index in [1.54, 1.807) is 6.20 Å². The van der Waals surface area contributed by atoms with Crippen molar-refractivity contribution in [1.82, 2.24) is 20.2 Å². The fourth-order valence-electron chi connectivity index (χ4n) is 2.83. The maximum absolute atomic E-state index is 12.4. The van der Waals surface area contributed by atoms with Crippen LogP contribution < -0.4 is 0 Å². The largest absolute Gasteiger partial charge is 0.415 e. The molecule has 0 aliphatic heterocycles. The molecule has 0 fully saturated rings. The van der Waals surface area contributed by atoms with E-state index < -0.39 is 10.8 Å². The Hall–Kier alpha value is -3.19. The molecule has 0 amide bonds. The highest BCUT2D eigenvalue weighted by atomic mass is 32.2. The molecule has 2 aromatic carbocycles. The highest BCUT2D eigenvalue weighted by molar-refractivity contribution is 7.85. The number of hydrogen-bond acceptors (Lipinski definition) is 6. The van der Waals surface area contributed by atoms with Gasteiger partial charge in [0.2, 0.25) is 5.89 Å². The van der Waals surface area contributed by atoms with Crippen molar-refractivity contribution in [3.63, 3.8) is 0 Å². The first kappa shape index (κ1) is 18.2. The van der Waals surface area contributed by atoms with E-state index in [-0.39, 0.29) is 1.43 Å². The Morgan fingerprint density at radius 3 is 2.50 bits per heavy atom. The van der Waals surface area contributed by atoms with Crippen molar-refractivity contribution >= 4 is 10.8 Å². The standard InChI is InChI=1S/C21H18N4O2S.H2/c1-3-28(26)18-12-8-7-11-16(18)17-13-22-14(2)19(23-17)21-25-24-20(27-21)15-9-5-4-6-10-15;/h4-13H,3H2,1-2H3;1H. The van der Waals surface area contributed by atoms with E-state index in [9.17, 15) is 4.21 Å². The third-order valence-corrected chi connectivity index (χ3v) is 5.65. The van der Waals surface area contributed by atoms with E-state index in [0.717, 1.165) is 16.0 Å². The highest BCUT2D eigenvalue weighted by Crippen LogP contribution is 2.29. The molecule has 7 heteroatoms. The van der Waals surface area contributed by atoms with Crippen molar-refractivity contribution < 1.29 is 10.1 Å². The minimum Gasteiger partial charge on any atom is -0.415 e. The molecule has 0 spiro atoms. The molecule has 2 heterocycles. The van der Waals surface area contributed by atoms with Crippen LogP contribution in [0.2, 0.25) is 0 Å². The van der Waals surface area contributed by atoms with Gasteiger partial charge in [-0.25, -0.2) is 4.98 Å². The Balaban J connectivity index is 0.00000240. The average molecular weight is 392 g/mol. The first-order chi connectivity index (χ1) is 13.7. The molecule has 0 bridgehead atoms. The molecule has 6 nitrogen and oxygen atoms in total. The molecule has 0 aliphatic rings. The lowest BCUT2D eigenvalue weighted by molar-refractivity contribution is 0.581. The molecule has 2 aromatic heterocycles. The first-order valence-electron chi connectivity index (χ1n) is 8.88. The van der Waals surface area contributed by atoms with Crippen LogP contribution in [0.1, 0.15) is 14.0 Å². The van der Waals surface area contributed by atoms with Gasteiger partial charge in [-0.2, -0.15) is 0 Å². The molecular formula is C21H20N4O2S. The quantitative estimate of drug-likeness (QED) is 0.496. The van der Waals surface area contributed by atoms with Crippen LogP contribution in [0.4, 0.5) is 0 Å². The lowest BCUT2D eigenvalue weighted by Gasteiger charge is -2.09. The molecule has 0 aliphatic carbocycles. The number of rotatable bonds is 5. The summed E-state index contributed by atoms with van der Waals surface area (Å²) in [7, 11) is -1.10. The lowest BCUT2D eigenvalue weighted by Crippen LogP contribution is -2.00. The molecule has 1 atom stereocenters. The third kappa shape index (κ3) is 3.48. The van der Waals surface area contributed by atoms with E-state index in [4.69, 9.17) is 9.40 Å². The van der Waals surface area contributed by atoms with Crippen LogP contribution in [0, 0.1) is 6.92 Å². The number of benzene rings is 2. The SMILES string of the molecule is CCS(=O)c1ccccc1-c1cnc(C)c(-c2nnc(-c3ccccc3)o2)n1.[HH]. The Morgan fingerprint density at radius 2 is 1.71 bits per heavy atom. The summed E-state index contributed by atoms with van der Waals surface area (Å²) >= 11 is 0. The molecule has 142 valence electrons. The summed E-state index contributed by atoms with van der Waals surface area (Å²) in [4.78, 5) is 9.90. The average Bonchev–Trinajstić information content (AvgIpc) is 3.24. The van der Waals surface area contributed by atoms with Gasteiger partial charge in [-0.05, 0) is 25.1 Å². The van der Waals surface area contributed by atoms with E-state index in [1.165, 1.54) is 0 Å². The second-order valence-electron chi connectivity index (χ2n) is 6.10. The molecule has 1 unspecified atom stereocenters. The summed E-state index contributed by atoms with van der Waals surface area (Å²) < 4.78 is 18.3. The topological polar surface area (TPSA) is 81.8 Å². The van der Waals surface area contributed by atoms with Crippen molar-refractivity contribution in [2.75, 3.05) is 5.75 Å². The third-order valence-electron chi connectivity index (χ3n) is 4.27. The molecule has 0 saturated heterocycles. The van der Waals surface area contributed by atoms with Crippen molar-refractivity contribution in [3.05, 3.63) is 66.5 Å². The van der Waals surface area contributed by atoms with Crippen LogP contribution in [-0.4, -0.2) is 30.1 Å². The number of nitrogens with zero attached hydrogens (tertiary/aromatic N) is 4. The van der Waals surface area contributed by atoms with Crippen LogP contribution in [0.5, 0.6) is 0 Å². The summed E-state index contributed by atoms with van der Waals surface area (Å²) in [5.41, 5.74) is 3.45. The summed E-state index contributed by atoms with van der Waals surface area (Å²) in [6.07, 6.45) is 1.68. The number of aromatic nitrogens is 4. The van der Waals surface area contributed by atoms with E-state index in [1.807, 2.05) is 68.4 Å². The highest BCUT2D eigenvalue weighted by Gasteiger charge is 2.18. The molecule has 0 N–H and O–H groups in total. The van der Waals surface area contributed by atoms with Gasteiger partial charge < -0.3 is 4.42 Å². The molecule has 4 rings (SSSR count). The van der Waals surface area contributed by atoms with Gasteiger partial charge >= 0.3 is 0 Å². The van der Waals surface area contributed by atoms with Gasteiger partial charge in [0.15, 0.2) is 0 Å². The Morgan fingerprint density at radius 1 is 1.00 bits per heavy atom. The van der Waals surface area contributed by atoms with Gasteiger partial charge in [0.1, 0.15) is 5.69 Å². The fraction of sp³-hybridized carbons (Fsp3) is 0.143. The molecule has 0 radical (unpaired) electrons. The predicted octanol–water partition coefficient (Wildman–Crippen LogP) is 4.54. The minimum atomic E-state index is -1.10. The van der Waals surface area contributed by atoms with Crippen molar-refractivity contribution in [2.24, 2.45) is 0 Å². The fourth-order valence-corrected chi connectivity index (χ4v) is 3.79. The predicted molar refractivity (Wildman–Crippen MR) is 110 cm³/mol. The van der Waals surface area contributed by atoms with Gasteiger partial charge in [0, 0.05) is 23.2 Å². The van der Waals surface area contributed by atoms with Crippen molar-refractivity contribution in [1.29, 1.82) is 0 Å². The zero-order valence-corrected chi connectivity index (χ0v) is 16.3. The van der Waals surface area contributed by atoms with E-state index >= 15 is 0 Å². The Labute approximate surface area is 166 Å². The second kappa shape index (κ2) is 7.82. The zero-order chi connectivity index (χ0) is 19.5. The van der Waals surface area contributed by atoms with Crippen LogP contribution >= 0.6 is 0 Å². The second-order valence-corrected chi connectivity index (χ2v) is 7.81. The summed E-state index contributed by atoms with van der Waals surface area (Å²) in [5, 5.41) is 8.29. The van der Waals surface area contributed by atoms with Crippen molar-refractivity contribution in [3.8, 4) is 34.3 Å². The minimum absolute atomic E-state index is 0. The van der Waals surface area contributed by atoms with Gasteiger partial charge in [0.25, 0.3) is 5.89 Å². The molecule has 28 heavy (non-hydrogen) atoms.